The standard InChI is InChI=1S/C14H21NO2/c16-11-4-1-3-10(9-11)15-13-5-2-6-14-12(13)7-8-17-14/h7-8,10-11,13,15-16H,1-6,9H2. The van der Waals surface area contributed by atoms with Crippen molar-refractivity contribution in [3.8, 4) is 0 Å². The van der Waals surface area contributed by atoms with Gasteiger partial charge in [0.15, 0.2) is 0 Å². The van der Waals surface area contributed by atoms with Crippen molar-refractivity contribution >= 4 is 0 Å². The van der Waals surface area contributed by atoms with Gasteiger partial charge in [-0.25, -0.2) is 0 Å². The number of aliphatic hydroxyl groups excluding tert-OH is 1. The minimum Gasteiger partial charge on any atom is -0.469 e. The van der Waals surface area contributed by atoms with Crippen LogP contribution >= 0.6 is 0 Å². The zero-order valence-electron chi connectivity index (χ0n) is 10.2. The largest absolute Gasteiger partial charge is 0.469 e. The van der Waals surface area contributed by atoms with E-state index in [1.54, 1.807) is 6.26 Å². The van der Waals surface area contributed by atoms with Crippen LogP contribution in [0.2, 0.25) is 0 Å². The Morgan fingerprint density at radius 3 is 3.06 bits per heavy atom. The maximum atomic E-state index is 9.71. The molecule has 17 heavy (non-hydrogen) atoms. The van der Waals surface area contributed by atoms with E-state index in [9.17, 15) is 5.11 Å². The monoisotopic (exact) mass is 235 g/mol. The van der Waals surface area contributed by atoms with Crippen LogP contribution in [-0.4, -0.2) is 17.3 Å². The number of aryl methyl sites for hydroxylation is 1. The second-order valence-electron chi connectivity index (χ2n) is 5.43. The van der Waals surface area contributed by atoms with Crippen molar-refractivity contribution in [2.45, 2.75) is 63.1 Å². The summed E-state index contributed by atoms with van der Waals surface area (Å²) in [6.07, 6.45) is 9.39. The number of hydrogen-bond donors (Lipinski definition) is 2. The van der Waals surface area contributed by atoms with Crippen LogP contribution in [0.1, 0.15) is 55.9 Å². The summed E-state index contributed by atoms with van der Waals surface area (Å²) in [5.74, 6) is 1.16. The van der Waals surface area contributed by atoms with E-state index in [0.29, 0.717) is 12.1 Å². The molecule has 1 saturated carbocycles. The molecule has 3 unspecified atom stereocenters. The summed E-state index contributed by atoms with van der Waals surface area (Å²) in [4.78, 5) is 0. The fourth-order valence-electron chi connectivity index (χ4n) is 3.26. The Morgan fingerprint density at radius 2 is 2.18 bits per heavy atom. The fraction of sp³-hybridized carbons (Fsp3) is 0.714. The molecule has 0 aromatic carbocycles. The third kappa shape index (κ3) is 2.40. The highest BCUT2D eigenvalue weighted by atomic mass is 16.3. The molecule has 0 aliphatic heterocycles. The fourth-order valence-corrected chi connectivity index (χ4v) is 3.26. The smallest absolute Gasteiger partial charge is 0.108 e. The molecule has 94 valence electrons. The molecule has 1 aromatic heterocycles. The molecule has 0 amide bonds. The van der Waals surface area contributed by atoms with Gasteiger partial charge in [0.2, 0.25) is 0 Å². The minimum absolute atomic E-state index is 0.103. The van der Waals surface area contributed by atoms with E-state index < -0.39 is 0 Å². The van der Waals surface area contributed by atoms with Crippen molar-refractivity contribution in [3.63, 3.8) is 0 Å². The van der Waals surface area contributed by atoms with Crippen molar-refractivity contribution in [1.29, 1.82) is 0 Å². The Kier molecular flexibility index (Phi) is 3.21. The van der Waals surface area contributed by atoms with Gasteiger partial charge in [-0.05, 0) is 44.6 Å². The molecule has 3 heteroatoms. The molecule has 3 nitrogen and oxygen atoms in total. The van der Waals surface area contributed by atoms with E-state index in [4.69, 9.17) is 4.42 Å². The van der Waals surface area contributed by atoms with Crippen molar-refractivity contribution in [2.24, 2.45) is 0 Å². The van der Waals surface area contributed by atoms with Crippen LogP contribution in [0.5, 0.6) is 0 Å². The van der Waals surface area contributed by atoms with E-state index in [1.807, 2.05) is 0 Å². The molecule has 0 saturated heterocycles. The normalized spacial score (nSPS) is 33.4. The van der Waals surface area contributed by atoms with Crippen molar-refractivity contribution in [2.75, 3.05) is 0 Å². The second-order valence-corrected chi connectivity index (χ2v) is 5.43. The van der Waals surface area contributed by atoms with Gasteiger partial charge in [-0.1, -0.05) is 0 Å². The van der Waals surface area contributed by atoms with Crippen LogP contribution < -0.4 is 5.32 Å². The summed E-state index contributed by atoms with van der Waals surface area (Å²) in [5.41, 5.74) is 1.34. The SMILES string of the molecule is OC1CCCC(NC2CCCc3occc32)C1. The predicted octanol–water partition coefficient (Wildman–Crippen LogP) is 2.55. The van der Waals surface area contributed by atoms with Crippen LogP contribution in [-0.2, 0) is 6.42 Å². The molecule has 3 atom stereocenters. The second kappa shape index (κ2) is 4.83. The van der Waals surface area contributed by atoms with Gasteiger partial charge in [0.05, 0.1) is 12.4 Å². The lowest BCUT2D eigenvalue weighted by Gasteiger charge is -2.32. The lowest BCUT2D eigenvalue weighted by Crippen LogP contribution is -2.39. The molecule has 2 aliphatic carbocycles. The van der Waals surface area contributed by atoms with Crippen molar-refractivity contribution in [1.82, 2.24) is 5.32 Å². The molecule has 2 aliphatic rings. The Balaban J connectivity index is 1.66. The summed E-state index contributed by atoms with van der Waals surface area (Å²) in [6.45, 7) is 0. The molecule has 1 aromatic rings. The number of hydrogen-bond acceptors (Lipinski definition) is 3. The van der Waals surface area contributed by atoms with E-state index >= 15 is 0 Å². The number of fused-ring (bicyclic) bond motifs is 1. The van der Waals surface area contributed by atoms with Gasteiger partial charge in [-0.3, -0.25) is 0 Å². The first-order chi connectivity index (χ1) is 8.33. The highest BCUT2D eigenvalue weighted by molar-refractivity contribution is 5.24. The van der Waals surface area contributed by atoms with E-state index in [2.05, 4.69) is 11.4 Å². The third-order valence-electron chi connectivity index (χ3n) is 4.14. The molecule has 1 fully saturated rings. The summed E-state index contributed by atoms with van der Waals surface area (Å²) in [5, 5.41) is 13.4. The van der Waals surface area contributed by atoms with Gasteiger partial charge < -0.3 is 14.8 Å². The molecular weight excluding hydrogens is 214 g/mol. The lowest BCUT2D eigenvalue weighted by molar-refractivity contribution is 0.107. The highest BCUT2D eigenvalue weighted by Gasteiger charge is 2.27. The van der Waals surface area contributed by atoms with Gasteiger partial charge in [-0.2, -0.15) is 0 Å². The Bertz CT molecular complexity index is 374. The third-order valence-corrected chi connectivity index (χ3v) is 4.14. The molecule has 0 bridgehead atoms. The maximum Gasteiger partial charge on any atom is 0.108 e. The lowest BCUT2D eigenvalue weighted by atomic mass is 9.89. The average Bonchev–Trinajstić information content (AvgIpc) is 2.78. The van der Waals surface area contributed by atoms with Gasteiger partial charge in [0.25, 0.3) is 0 Å². The Labute approximate surface area is 102 Å². The molecule has 1 heterocycles. The summed E-state index contributed by atoms with van der Waals surface area (Å²) in [7, 11) is 0. The predicted molar refractivity (Wildman–Crippen MR) is 65.8 cm³/mol. The molecule has 0 spiro atoms. The van der Waals surface area contributed by atoms with Gasteiger partial charge in [0, 0.05) is 24.1 Å². The number of nitrogens with one attached hydrogen (secondary N) is 1. The van der Waals surface area contributed by atoms with Crippen LogP contribution in [0.4, 0.5) is 0 Å². The van der Waals surface area contributed by atoms with E-state index in [0.717, 1.165) is 31.4 Å². The average molecular weight is 235 g/mol. The molecule has 3 rings (SSSR count). The van der Waals surface area contributed by atoms with E-state index in [1.165, 1.54) is 24.8 Å². The van der Waals surface area contributed by atoms with Crippen LogP contribution in [0.15, 0.2) is 16.7 Å². The zero-order chi connectivity index (χ0) is 11.7. The van der Waals surface area contributed by atoms with Crippen molar-refractivity contribution in [3.05, 3.63) is 23.7 Å². The summed E-state index contributed by atoms with van der Waals surface area (Å²) >= 11 is 0. The molecular formula is C14H21NO2. The first-order valence-corrected chi connectivity index (χ1v) is 6.83. The number of furan rings is 1. The van der Waals surface area contributed by atoms with Crippen LogP contribution in [0, 0.1) is 0 Å². The zero-order valence-corrected chi connectivity index (χ0v) is 10.2. The minimum atomic E-state index is -0.103. The van der Waals surface area contributed by atoms with Crippen LogP contribution in [0.3, 0.4) is 0 Å². The summed E-state index contributed by atoms with van der Waals surface area (Å²) in [6, 6.07) is 3.02. The quantitative estimate of drug-likeness (QED) is 0.828. The van der Waals surface area contributed by atoms with Gasteiger partial charge in [-0.15, -0.1) is 0 Å². The Hall–Kier alpha value is -0.800. The van der Waals surface area contributed by atoms with E-state index in [-0.39, 0.29) is 6.10 Å². The molecule has 2 N–H and O–H groups in total. The maximum absolute atomic E-state index is 9.71. The van der Waals surface area contributed by atoms with Gasteiger partial charge in [0.1, 0.15) is 5.76 Å². The van der Waals surface area contributed by atoms with Gasteiger partial charge >= 0.3 is 0 Å². The first kappa shape index (κ1) is 11.3. The first-order valence-electron chi connectivity index (χ1n) is 6.83. The summed E-state index contributed by atoms with van der Waals surface area (Å²) < 4.78 is 5.51. The number of rotatable bonds is 2. The molecule has 0 radical (unpaired) electrons. The van der Waals surface area contributed by atoms with Crippen molar-refractivity contribution < 1.29 is 9.52 Å². The Morgan fingerprint density at radius 1 is 1.24 bits per heavy atom. The number of aliphatic hydroxyl groups is 1. The topological polar surface area (TPSA) is 45.4 Å². The highest BCUT2D eigenvalue weighted by Crippen LogP contribution is 2.32. The van der Waals surface area contributed by atoms with Crippen LogP contribution in [0.25, 0.3) is 0 Å².